The fraction of sp³-hybridized carbons (Fsp3) is 0.172. The van der Waals surface area contributed by atoms with Crippen LogP contribution in [0.5, 0.6) is 23.0 Å². The van der Waals surface area contributed by atoms with E-state index in [4.69, 9.17) is 25.8 Å². The molecule has 3 aromatic carbocycles. The van der Waals surface area contributed by atoms with E-state index in [-0.39, 0.29) is 5.91 Å². The first kappa shape index (κ1) is 25.1. The molecule has 0 aliphatic rings. The Morgan fingerprint density at radius 2 is 1.58 bits per heavy atom. The number of hydrogen-bond acceptors (Lipinski definition) is 5. The van der Waals surface area contributed by atoms with Crippen molar-refractivity contribution in [3.63, 3.8) is 0 Å². The summed E-state index contributed by atoms with van der Waals surface area (Å²) in [6.07, 6.45) is 2.38. The molecule has 0 N–H and O–H groups in total. The lowest BCUT2D eigenvalue weighted by Gasteiger charge is -2.24. The fourth-order valence-corrected chi connectivity index (χ4v) is 3.85. The quantitative estimate of drug-likeness (QED) is 0.250. The number of amides is 1. The molecule has 0 unspecified atom stereocenters. The van der Waals surface area contributed by atoms with Gasteiger partial charge in [-0.2, -0.15) is 0 Å². The van der Waals surface area contributed by atoms with Gasteiger partial charge in [-0.1, -0.05) is 29.8 Å². The molecule has 4 aromatic rings. The third kappa shape index (κ3) is 6.77. The van der Waals surface area contributed by atoms with E-state index < -0.39 is 0 Å². The Bertz CT molecular complexity index is 1270. The van der Waals surface area contributed by atoms with Crippen LogP contribution in [0.15, 0.2) is 91.1 Å². The number of rotatable bonds is 10. The van der Waals surface area contributed by atoms with Crippen LogP contribution in [0.1, 0.15) is 21.6 Å². The Labute approximate surface area is 216 Å². The number of methoxy groups -OCH3 is 2. The van der Waals surface area contributed by atoms with Crippen LogP contribution in [0.4, 0.5) is 0 Å². The highest BCUT2D eigenvalue weighted by Gasteiger charge is 2.19. The second-order valence-corrected chi connectivity index (χ2v) is 8.54. The van der Waals surface area contributed by atoms with E-state index >= 15 is 0 Å². The van der Waals surface area contributed by atoms with E-state index in [1.165, 1.54) is 0 Å². The predicted molar refractivity (Wildman–Crippen MR) is 140 cm³/mol. The summed E-state index contributed by atoms with van der Waals surface area (Å²) in [5.74, 6) is 2.34. The number of nitrogens with zero attached hydrogens (tertiary/aromatic N) is 2. The van der Waals surface area contributed by atoms with Gasteiger partial charge in [0.25, 0.3) is 5.91 Å². The van der Waals surface area contributed by atoms with Gasteiger partial charge >= 0.3 is 0 Å². The minimum Gasteiger partial charge on any atom is -0.497 e. The third-order valence-corrected chi connectivity index (χ3v) is 5.82. The van der Waals surface area contributed by atoms with Crippen molar-refractivity contribution in [1.29, 1.82) is 0 Å². The van der Waals surface area contributed by atoms with E-state index in [0.717, 1.165) is 11.3 Å². The van der Waals surface area contributed by atoms with Gasteiger partial charge in [-0.25, -0.2) is 0 Å². The molecular formula is C29H27ClN2O4. The Hall–Kier alpha value is -4.03. The van der Waals surface area contributed by atoms with Gasteiger partial charge < -0.3 is 19.1 Å². The molecule has 1 amide bonds. The van der Waals surface area contributed by atoms with E-state index in [0.29, 0.717) is 53.1 Å². The summed E-state index contributed by atoms with van der Waals surface area (Å²) in [5.41, 5.74) is 2.34. The Kier molecular flexibility index (Phi) is 8.42. The van der Waals surface area contributed by atoms with Crippen LogP contribution in [0.2, 0.25) is 5.02 Å². The van der Waals surface area contributed by atoms with Gasteiger partial charge in [-0.15, -0.1) is 0 Å². The zero-order valence-electron chi connectivity index (χ0n) is 20.2. The van der Waals surface area contributed by atoms with Crippen molar-refractivity contribution in [1.82, 2.24) is 9.88 Å². The first-order valence-electron chi connectivity index (χ1n) is 11.5. The van der Waals surface area contributed by atoms with Crippen LogP contribution >= 0.6 is 11.6 Å². The molecule has 36 heavy (non-hydrogen) atoms. The Morgan fingerprint density at radius 1 is 0.833 bits per heavy atom. The van der Waals surface area contributed by atoms with Crippen molar-refractivity contribution >= 4 is 17.5 Å². The van der Waals surface area contributed by atoms with E-state index in [1.54, 1.807) is 55.6 Å². The lowest BCUT2D eigenvalue weighted by atomic mass is 10.1. The highest BCUT2D eigenvalue weighted by molar-refractivity contribution is 6.30. The number of ether oxygens (including phenoxy) is 3. The zero-order chi connectivity index (χ0) is 25.3. The second kappa shape index (κ2) is 12.1. The van der Waals surface area contributed by atoms with Crippen LogP contribution in [0.25, 0.3) is 0 Å². The monoisotopic (exact) mass is 502 g/mol. The maximum atomic E-state index is 13.7. The largest absolute Gasteiger partial charge is 0.497 e. The molecule has 0 spiro atoms. The summed E-state index contributed by atoms with van der Waals surface area (Å²) < 4.78 is 16.7. The lowest BCUT2D eigenvalue weighted by molar-refractivity contribution is 0.0744. The predicted octanol–water partition coefficient (Wildman–Crippen LogP) is 6.43. The molecule has 184 valence electrons. The summed E-state index contributed by atoms with van der Waals surface area (Å²) in [6, 6.07) is 25.8. The zero-order valence-corrected chi connectivity index (χ0v) is 20.9. The van der Waals surface area contributed by atoms with Crippen molar-refractivity contribution < 1.29 is 19.0 Å². The van der Waals surface area contributed by atoms with Crippen LogP contribution in [0, 0.1) is 0 Å². The van der Waals surface area contributed by atoms with Crippen molar-refractivity contribution in [2.45, 2.75) is 13.0 Å². The minimum absolute atomic E-state index is 0.132. The highest BCUT2D eigenvalue weighted by atomic mass is 35.5. The van der Waals surface area contributed by atoms with Gasteiger partial charge in [-0.3, -0.25) is 9.78 Å². The van der Waals surface area contributed by atoms with Crippen LogP contribution in [-0.4, -0.2) is 36.6 Å². The average molecular weight is 503 g/mol. The standard InChI is InChI=1S/C29H27ClN2O4/c1-34-27-17-22(18-28(19-27)35-2)29(33)32(15-13-24-7-3-4-14-31-24)20-21-6-5-8-26(16-21)36-25-11-9-23(30)10-12-25/h3-12,14,16-19H,13,15,20H2,1-2H3. The molecule has 0 aliphatic heterocycles. The molecule has 0 bridgehead atoms. The molecular weight excluding hydrogens is 476 g/mol. The molecule has 0 saturated heterocycles. The lowest BCUT2D eigenvalue weighted by Crippen LogP contribution is -2.32. The van der Waals surface area contributed by atoms with Crippen LogP contribution < -0.4 is 14.2 Å². The fourth-order valence-electron chi connectivity index (χ4n) is 3.73. The van der Waals surface area contributed by atoms with Crippen LogP contribution in [0.3, 0.4) is 0 Å². The number of benzene rings is 3. The van der Waals surface area contributed by atoms with Gasteiger partial charge in [-0.05, 0) is 66.2 Å². The molecule has 0 atom stereocenters. The molecule has 4 rings (SSSR count). The van der Waals surface area contributed by atoms with Gasteiger partial charge in [0.15, 0.2) is 0 Å². The molecule has 1 aromatic heterocycles. The topological polar surface area (TPSA) is 60.9 Å². The number of carbonyl (C=O) groups excluding carboxylic acids is 1. The van der Waals surface area contributed by atoms with Gasteiger partial charge in [0.05, 0.1) is 14.2 Å². The second-order valence-electron chi connectivity index (χ2n) is 8.10. The number of pyridine rings is 1. The molecule has 1 heterocycles. The molecule has 0 saturated carbocycles. The molecule has 7 heteroatoms. The van der Waals surface area contributed by atoms with Gasteiger partial charge in [0.1, 0.15) is 23.0 Å². The van der Waals surface area contributed by atoms with E-state index in [9.17, 15) is 4.79 Å². The van der Waals surface area contributed by atoms with E-state index in [2.05, 4.69) is 4.98 Å². The molecule has 0 fully saturated rings. The maximum absolute atomic E-state index is 13.7. The minimum atomic E-state index is -0.132. The first-order valence-corrected chi connectivity index (χ1v) is 11.9. The number of hydrogen-bond donors (Lipinski definition) is 0. The number of aromatic nitrogens is 1. The molecule has 6 nitrogen and oxygen atoms in total. The third-order valence-electron chi connectivity index (χ3n) is 5.57. The summed E-state index contributed by atoms with van der Waals surface area (Å²) in [5, 5.41) is 0.646. The van der Waals surface area contributed by atoms with Crippen molar-refractivity contribution in [3.8, 4) is 23.0 Å². The number of halogens is 1. The first-order chi connectivity index (χ1) is 17.5. The van der Waals surface area contributed by atoms with Crippen molar-refractivity contribution in [2.75, 3.05) is 20.8 Å². The van der Waals surface area contributed by atoms with Gasteiger partial charge in [0.2, 0.25) is 0 Å². The SMILES string of the molecule is COc1cc(OC)cc(C(=O)N(CCc2ccccn2)Cc2cccc(Oc3ccc(Cl)cc3)c2)c1. The number of carbonyl (C=O) groups is 1. The summed E-state index contributed by atoms with van der Waals surface area (Å²) in [4.78, 5) is 19.9. The van der Waals surface area contributed by atoms with Crippen molar-refractivity contribution in [3.05, 3.63) is 113 Å². The molecule has 0 radical (unpaired) electrons. The summed E-state index contributed by atoms with van der Waals surface area (Å²) in [6.45, 7) is 0.876. The normalized spacial score (nSPS) is 10.5. The van der Waals surface area contributed by atoms with Gasteiger partial charge in [0, 0.05) is 48.1 Å². The van der Waals surface area contributed by atoms with Crippen molar-refractivity contribution in [2.24, 2.45) is 0 Å². The Morgan fingerprint density at radius 3 is 2.25 bits per heavy atom. The highest BCUT2D eigenvalue weighted by Crippen LogP contribution is 2.26. The summed E-state index contributed by atoms with van der Waals surface area (Å²) in [7, 11) is 3.13. The smallest absolute Gasteiger partial charge is 0.254 e. The summed E-state index contributed by atoms with van der Waals surface area (Å²) >= 11 is 5.98. The molecule has 0 aliphatic carbocycles. The maximum Gasteiger partial charge on any atom is 0.254 e. The Balaban J connectivity index is 1.58. The van der Waals surface area contributed by atoms with Crippen LogP contribution in [-0.2, 0) is 13.0 Å². The average Bonchev–Trinajstić information content (AvgIpc) is 2.92. The van der Waals surface area contributed by atoms with E-state index in [1.807, 2.05) is 54.6 Å².